The van der Waals surface area contributed by atoms with Gasteiger partial charge in [-0.05, 0) is 64.2 Å². The number of hydrogen-bond acceptors (Lipinski definition) is 0. The maximum atomic E-state index is 2.44. The molecule has 0 amide bonds. The predicted octanol–water partition coefficient (Wildman–Crippen LogP) is 10.9. The Hall–Kier alpha value is -1.81. The average molecular weight is 972 g/mol. The molecule has 0 nitrogen and oxygen atoms in total. The standard InChI is InChI=1S/2C17H24P.2C11H11.2ClH.2Ti/c2*1-3-5-11-18(12-6-4-2)17-13-15-9-7-8-10-16(15)14-17;2*1-8-6-7-9(2)11-5-3-4-10(8)11;;;;/h2*7-10,13-14H,3-6,11-12H2,1-2H3;2*3-7H,1-2H3;2*1H;;/q4*-1;;;2*+2/p-2. The Morgan fingerprint density at radius 2 is 0.742 bits per heavy atom. The Bertz CT molecular complexity index is 2070. The van der Waals surface area contributed by atoms with E-state index in [1.54, 1.807) is 10.6 Å². The van der Waals surface area contributed by atoms with Crippen LogP contribution in [0.1, 0.15) is 101 Å². The molecule has 8 aromatic rings. The molecule has 0 saturated heterocycles. The van der Waals surface area contributed by atoms with E-state index in [0.717, 1.165) is 0 Å². The molecule has 0 aliphatic carbocycles. The second-order valence-corrected chi connectivity index (χ2v) is 21.2. The van der Waals surface area contributed by atoms with Crippen LogP contribution in [0.4, 0.5) is 0 Å². The van der Waals surface area contributed by atoms with Gasteiger partial charge in [-0.3, -0.25) is 0 Å². The molecule has 0 saturated carbocycles. The van der Waals surface area contributed by atoms with Crippen molar-refractivity contribution >= 4 is 69.5 Å². The molecule has 328 valence electrons. The van der Waals surface area contributed by atoms with Gasteiger partial charge < -0.3 is 24.8 Å². The minimum atomic E-state index is 0. The van der Waals surface area contributed by atoms with Crippen LogP contribution in [0, 0.1) is 27.7 Å². The Balaban J connectivity index is 0.000000414. The molecule has 62 heavy (non-hydrogen) atoms. The summed E-state index contributed by atoms with van der Waals surface area (Å²) >= 11 is 0. The Morgan fingerprint density at radius 3 is 1.05 bits per heavy atom. The van der Waals surface area contributed by atoms with Crippen LogP contribution in [0.5, 0.6) is 0 Å². The molecule has 0 aliphatic rings. The summed E-state index contributed by atoms with van der Waals surface area (Å²) in [5, 5.41) is 14.5. The third-order valence-corrected chi connectivity index (χ3v) is 17.0. The Kier molecular flexibility index (Phi) is 29.3. The van der Waals surface area contributed by atoms with Gasteiger partial charge in [-0.25, -0.2) is 0 Å². The SMILES string of the molecule is CCCCP(CCCC)c1cc2ccccc2[cH-]1.CCCCP(CCCC)c1cc2ccccc2[cH-]1.Cc1ccc(C)c2[cH-]ccc12.Cc1ccc(C)c2[cH-]ccc12.[Cl-].[Cl-].[Ti+2].[Ti+2]. The summed E-state index contributed by atoms with van der Waals surface area (Å²) in [5.74, 6) is 0. The first kappa shape index (κ1) is 58.2. The van der Waals surface area contributed by atoms with Gasteiger partial charge in [-0.15, -0.1) is 138 Å². The summed E-state index contributed by atoms with van der Waals surface area (Å²) in [7, 11) is 0.171. The third-order valence-electron chi connectivity index (χ3n) is 11.6. The molecule has 8 rings (SSSR count). The van der Waals surface area contributed by atoms with Gasteiger partial charge in [0, 0.05) is 0 Å². The maximum absolute atomic E-state index is 2.44. The van der Waals surface area contributed by atoms with Gasteiger partial charge in [0.15, 0.2) is 0 Å². The topological polar surface area (TPSA) is 0 Å². The molecule has 0 fully saturated rings. The van der Waals surface area contributed by atoms with Gasteiger partial charge in [-0.1, -0.05) is 118 Å². The normalized spacial score (nSPS) is 10.5. The van der Waals surface area contributed by atoms with Crippen LogP contribution < -0.4 is 35.4 Å². The second-order valence-electron chi connectivity index (χ2n) is 16.2. The van der Waals surface area contributed by atoms with Crippen molar-refractivity contribution < 1.29 is 68.2 Å². The van der Waals surface area contributed by atoms with E-state index in [9.17, 15) is 0 Å². The molecule has 0 bridgehead atoms. The number of rotatable bonds is 14. The fourth-order valence-corrected chi connectivity index (χ4v) is 13.4. The van der Waals surface area contributed by atoms with Crippen molar-refractivity contribution in [3.63, 3.8) is 0 Å². The van der Waals surface area contributed by atoms with E-state index in [1.807, 2.05) is 0 Å². The zero-order valence-electron chi connectivity index (χ0n) is 38.8. The number of benzene rings is 4. The third kappa shape index (κ3) is 16.9. The van der Waals surface area contributed by atoms with E-state index in [2.05, 4.69) is 189 Å². The van der Waals surface area contributed by atoms with Crippen molar-refractivity contribution in [2.45, 2.75) is 107 Å². The van der Waals surface area contributed by atoms with Crippen molar-refractivity contribution in [1.82, 2.24) is 0 Å². The summed E-state index contributed by atoms with van der Waals surface area (Å²) in [6.45, 7) is 17.8. The molecule has 0 unspecified atom stereocenters. The van der Waals surface area contributed by atoms with Crippen molar-refractivity contribution in [3.8, 4) is 0 Å². The summed E-state index contributed by atoms with van der Waals surface area (Å²) in [4.78, 5) is 0. The molecule has 6 heteroatoms. The van der Waals surface area contributed by atoms with Crippen molar-refractivity contribution in [2.24, 2.45) is 0 Å². The average Bonchev–Trinajstić information content (AvgIpc) is 4.08. The number of hydrogen-bond donors (Lipinski definition) is 0. The largest absolute Gasteiger partial charge is 2.00 e. The molecular formula is C56H70Cl2P2Ti2-2. The van der Waals surface area contributed by atoms with Gasteiger partial charge in [0.25, 0.3) is 0 Å². The predicted molar refractivity (Wildman–Crippen MR) is 269 cm³/mol. The van der Waals surface area contributed by atoms with Crippen LogP contribution in [0.25, 0.3) is 43.1 Å². The van der Waals surface area contributed by atoms with E-state index >= 15 is 0 Å². The Labute approximate surface area is 421 Å². The molecule has 0 heterocycles. The summed E-state index contributed by atoms with van der Waals surface area (Å²) in [6.07, 6.45) is 16.5. The summed E-state index contributed by atoms with van der Waals surface area (Å²) < 4.78 is 0. The second kappa shape index (κ2) is 31.2. The van der Waals surface area contributed by atoms with Gasteiger partial charge in [0.05, 0.1) is 0 Å². The summed E-state index contributed by atoms with van der Waals surface area (Å²) in [6, 6.07) is 49.0. The van der Waals surface area contributed by atoms with Crippen LogP contribution in [0.15, 0.2) is 133 Å². The number of fused-ring (bicyclic) bond motifs is 4. The van der Waals surface area contributed by atoms with Crippen LogP contribution >= 0.6 is 15.8 Å². The monoisotopic (exact) mass is 970 g/mol. The quantitative estimate of drug-likeness (QED) is 0.0579. The fraction of sp³-hybridized carbons (Fsp3) is 0.357. The van der Waals surface area contributed by atoms with Crippen molar-refractivity contribution in [1.29, 1.82) is 0 Å². The molecule has 0 atom stereocenters. The Morgan fingerprint density at radius 1 is 0.419 bits per heavy atom. The molecular weight excluding hydrogens is 901 g/mol. The zero-order valence-corrected chi connectivity index (χ0v) is 45.3. The van der Waals surface area contributed by atoms with Crippen LogP contribution in [0.3, 0.4) is 0 Å². The van der Waals surface area contributed by atoms with Crippen molar-refractivity contribution in [2.75, 3.05) is 24.6 Å². The van der Waals surface area contributed by atoms with Crippen molar-refractivity contribution in [3.05, 3.63) is 156 Å². The number of halogens is 2. The molecule has 0 aromatic heterocycles. The van der Waals surface area contributed by atoms with E-state index in [-0.39, 0.29) is 84.1 Å². The molecule has 0 aliphatic heterocycles. The van der Waals surface area contributed by atoms with E-state index < -0.39 is 0 Å². The van der Waals surface area contributed by atoms with Crippen LogP contribution in [-0.4, -0.2) is 24.6 Å². The van der Waals surface area contributed by atoms with Crippen LogP contribution in [-0.2, 0) is 43.4 Å². The molecule has 0 spiro atoms. The summed E-state index contributed by atoms with van der Waals surface area (Å²) in [5.41, 5.74) is 5.48. The maximum Gasteiger partial charge on any atom is 2.00 e. The van der Waals surface area contributed by atoms with Crippen LogP contribution in [0.2, 0.25) is 0 Å². The smallest absolute Gasteiger partial charge is 1.00 e. The first-order valence-corrected chi connectivity index (χ1v) is 25.7. The van der Waals surface area contributed by atoms with Gasteiger partial charge in [0.2, 0.25) is 0 Å². The fourth-order valence-electron chi connectivity index (χ4n) is 7.84. The molecule has 0 N–H and O–H groups in total. The zero-order chi connectivity index (χ0) is 41.3. The van der Waals surface area contributed by atoms with Gasteiger partial charge >= 0.3 is 43.4 Å². The molecule has 0 radical (unpaired) electrons. The first-order chi connectivity index (χ1) is 28.3. The van der Waals surface area contributed by atoms with E-state index in [1.165, 1.54) is 141 Å². The van der Waals surface area contributed by atoms with E-state index in [0.29, 0.717) is 0 Å². The molecule has 8 aromatic carbocycles. The van der Waals surface area contributed by atoms with Gasteiger partial charge in [0.1, 0.15) is 0 Å². The van der Waals surface area contributed by atoms with E-state index in [4.69, 9.17) is 0 Å². The number of aryl methyl sites for hydroxylation is 4. The minimum absolute atomic E-state index is 0. The minimum Gasteiger partial charge on any atom is -1.00 e. The first-order valence-electron chi connectivity index (χ1n) is 22.3. The number of unbranched alkanes of at least 4 members (excludes halogenated alkanes) is 4. The van der Waals surface area contributed by atoms with Gasteiger partial charge in [-0.2, -0.15) is 36.4 Å².